The van der Waals surface area contributed by atoms with Crippen LogP contribution in [-0.4, -0.2) is 46.2 Å². The van der Waals surface area contributed by atoms with Crippen LogP contribution >= 0.6 is 0 Å². The molecule has 0 aliphatic carbocycles. The molecule has 7 nitrogen and oxygen atoms in total. The third-order valence-corrected chi connectivity index (χ3v) is 4.67. The van der Waals surface area contributed by atoms with Gasteiger partial charge in [0.15, 0.2) is 11.5 Å². The molecule has 130 valence electrons. The summed E-state index contributed by atoms with van der Waals surface area (Å²) in [6.45, 7) is 3.22. The van der Waals surface area contributed by atoms with Gasteiger partial charge >= 0.3 is 0 Å². The molecule has 0 unspecified atom stereocenters. The second-order valence-electron chi connectivity index (χ2n) is 6.32. The summed E-state index contributed by atoms with van der Waals surface area (Å²) in [5.74, 6) is 0.478. The Morgan fingerprint density at radius 2 is 1.73 bits per heavy atom. The molecule has 1 fully saturated rings. The maximum Gasteiger partial charge on any atom is 0.278 e. The Bertz CT molecular complexity index is 1160. The second kappa shape index (κ2) is 5.96. The molecule has 2 aromatic heterocycles. The quantitative estimate of drug-likeness (QED) is 0.581. The molecule has 7 heteroatoms. The standard InChI is InChI=1S/C19H17N5O2/c25-19-17(20-13-3-1-2-4-14(13)23-19)18-21-15-6-5-12(11-16(15)22-18)24-7-9-26-10-8-24/h1-6,11H,7-10H2,(H,21,22)(H,23,25). The molecule has 26 heavy (non-hydrogen) atoms. The van der Waals surface area contributed by atoms with Crippen LogP contribution in [0.4, 0.5) is 5.69 Å². The van der Waals surface area contributed by atoms with Crippen molar-refractivity contribution >= 4 is 27.8 Å². The van der Waals surface area contributed by atoms with E-state index >= 15 is 0 Å². The van der Waals surface area contributed by atoms with E-state index in [1.165, 1.54) is 0 Å². The Hall–Kier alpha value is -3.19. The van der Waals surface area contributed by atoms with Gasteiger partial charge in [-0.2, -0.15) is 0 Å². The van der Waals surface area contributed by atoms with Crippen molar-refractivity contribution < 1.29 is 4.74 Å². The van der Waals surface area contributed by atoms with Crippen LogP contribution in [0.1, 0.15) is 0 Å². The van der Waals surface area contributed by atoms with Crippen LogP contribution in [0.25, 0.3) is 33.6 Å². The summed E-state index contributed by atoms with van der Waals surface area (Å²) in [5, 5.41) is 0. The van der Waals surface area contributed by atoms with Crippen molar-refractivity contribution in [3.63, 3.8) is 0 Å². The first-order valence-electron chi connectivity index (χ1n) is 8.60. The Balaban J connectivity index is 1.59. The number of H-pyrrole nitrogens is 2. The number of hydrogen-bond acceptors (Lipinski definition) is 5. The van der Waals surface area contributed by atoms with Crippen molar-refractivity contribution in [2.45, 2.75) is 0 Å². The van der Waals surface area contributed by atoms with Crippen molar-refractivity contribution in [2.75, 3.05) is 31.2 Å². The van der Waals surface area contributed by atoms with Gasteiger partial charge in [-0.15, -0.1) is 0 Å². The molecule has 4 aromatic rings. The Labute approximate surface area is 148 Å². The molecule has 1 saturated heterocycles. The molecule has 0 radical (unpaired) electrons. The number of para-hydroxylation sites is 2. The molecular formula is C19H17N5O2. The first kappa shape index (κ1) is 15.1. The van der Waals surface area contributed by atoms with Crippen LogP contribution < -0.4 is 10.5 Å². The topological polar surface area (TPSA) is 86.9 Å². The second-order valence-corrected chi connectivity index (χ2v) is 6.32. The Kier molecular flexibility index (Phi) is 3.46. The number of aromatic nitrogens is 4. The van der Waals surface area contributed by atoms with E-state index in [2.05, 4.69) is 37.0 Å². The molecule has 1 aliphatic heterocycles. The summed E-state index contributed by atoms with van der Waals surface area (Å²) in [5.41, 5.74) is 4.31. The molecule has 1 aliphatic rings. The summed E-state index contributed by atoms with van der Waals surface area (Å²) in [7, 11) is 0. The normalized spacial score (nSPS) is 15.0. The minimum absolute atomic E-state index is 0.254. The average molecular weight is 347 g/mol. The lowest BCUT2D eigenvalue weighted by Crippen LogP contribution is -2.36. The molecule has 3 heterocycles. The number of hydrogen-bond donors (Lipinski definition) is 2. The Morgan fingerprint density at radius 3 is 2.62 bits per heavy atom. The van der Waals surface area contributed by atoms with E-state index in [0.717, 1.165) is 48.5 Å². The highest BCUT2D eigenvalue weighted by Crippen LogP contribution is 2.24. The van der Waals surface area contributed by atoms with Gasteiger partial charge in [0.25, 0.3) is 5.56 Å². The average Bonchev–Trinajstić information content (AvgIpc) is 3.11. The third-order valence-electron chi connectivity index (χ3n) is 4.67. The van der Waals surface area contributed by atoms with Gasteiger partial charge in [0.1, 0.15) is 0 Å². The minimum atomic E-state index is -0.254. The van der Waals surface area contributed by atoms with Crippen LogP contribution in [0, 0.1) is 0 Å². The minimum Gasteiger partial charge on any atom is -0.378 e. The molecule has 0 atom stereocenters. The highest BCUT2D eigenvalue weighted by Gasteiger charge is 2.15. The van der Waals surface area contributed by atoms with Gasteiger partial charge in [-0.3, -0.25) is 4.79 Å². The predicted molar refractivity (Wildman–Crippen MR) is 100 cm³/mol. The number of fused-ring (bicyclic) bond motifs is 2. The zero-order chi connectivity index (χ0) is 17.5. The number of nitrogens with one attached hydrogen (secondary N) is 2. The summed E-state index contributed by atoms with van der Waals surface area (Å²) >= 11 is 0. The van der Waals surface area contributed by atoms with Gasteiger partial charge < -0.3 is 19.6 Å². The number of ether oxygens (including phenoxy) is 1. The molecule has 0 bridgehead atoms. The summed E-state index contributed by atoms with van der Waals surface area (Å²) in [6.07, 6.45) is 0. The van der Waals surface area contributed by atoms with Crippen LogP contribution in [0.5, 0.6) is 0 Å². The lowest BCUT2D eigenvalue weighted by molar-refractivity contribution is 0.122. The number of morpholine rings is 1. The van der Waals surface area contributed by atoms with Crippen LogP contribution in [0.15, 0.2) is 47.3 Å². The van der Waals surface area contributed by atoms with E-state index in [1.54, 1.807) is 0 Å². The van der Waals surface area contributed by atoms with Crippen molar-refractivity contribution in [3.05, 3.63) is 52.8 Å². The molecule has 5 rings (SSSR count). The molecule has 0 spiro atoms. The fourth-order valence-corrected chi connectivity index (χ4v) is 3.32. The molecule has 2 aromatic carbocycles. The number of nitrogens with zero attached hydrogens (tertiary/aromatic N) is 3. The number of benzene rings is 2. The van der Waals surface area contributed by atoms with Crippen LogP contribution in [0.2, 0.25) is 0 Å². The third kappa shape index (κ3) is 2.53. The van der Waals surface area contributed by atoms with E-state index in [4.69, 9.17) is 4.74 Å². The zero-order valence-electron chi connectivity index (χ0n) is 14.0. The lowest BCUT2D eigenvalue weighted by atomic mass is 10.2. The van der Waals surface area contributed by atoms with Crippen molar-refractivity contribution in [2.24, 2.45) is 0 Å². The van der Waals surface area contributed by atoms with E-state index < -0.39 is 0 Å². The molecule has 0 amide bonds. The molecule has 0 saturated carbocycles. The van der Waals surface area contributed by atoms with Crippen molar-refractivity contribution in [1.82, 2.24) is 19.9 Å². The van der Waals surface area contributed by atoms with Crippen LogP contribution in [-0.2, 0) is 4.74 Å². The van der Waals surface area contributed by atoms with Gasteiger partial charge in [-0.25, -0.2) is 9.97 Å². The van der Waals surface area contributed by atoms with Crippen molar-refractivity contribution in [1.29, 1.82) is 0 Å². The van der Waals surface area contributed by atoms with E-state index in [-0.39, 0.29) is 5.56 Å². The zero-order valence-corrected chi connectivity index (χ0v) is 14.0. The molecular weight excluding hydrogens is 330 g/mol. The van der Waals surface area contributed by atoms with E-state index in [0.29, 0.717) is 17.0 Å². The fourth-order valence-electron chi connectivity index (χ4n) is 3.32. The number of anilines is 1. The SMILES string of the molecule is O=c1[nH]c2ccccc2nc1-c1nc2ccc(N3CCOCC3)cc2[nH]1. The predicted octanol–water partition coefficient (Wildman–Crippen LogP) is 2.30. The largest absolute Gasteiger partial charge is 0.378 e. The Morgan fingerprint density at radius 1 is 0.923 bits per heavy atom. The smallest absolute Gasteiger partial charge is 0.278 e. The van der Waals surface area contributed by atoms with E-state index in [9.17, 15) is 4.79 Å². The number of aromatic amines is 2. The maximum atomic E-state index is 12.4. The first-order valence-corrected chi connectivity index (χ1v) is 8.60. The van der Waals surface area contributed by atoms with Gasteiger partial charge in [0, 0.05) is 18.8 Å². The van der Waals surface area contributed by atoms with Gasteiger partial charge in [0.05, 0.1) is 35.3 Å². The molecule has 2 N–H and O–H groups in total. The highest BCUT2D eigenvalue weighted by atomic mass is 16.5. The summed E-state index contributed by atoms with van der Waals surface area (Å²) in [6, 6.07) is 13.5. The van der Waals surface area contributed by atoms with Crippen LogP contribution in [0.3, 0.4) is 0 Å². The highest BCUT2D eigenvalue weighted by molar-refractivity contribution is 5.83. The first-order chi connectivity index (χ1) is 12.8. The summed E-state index contributed by atoms with van der Waals surface area (Å²) in [4.78, 5) is 29.9. The summed E-state index contributed by atoms with van der Waals surface area (Å²) < 4.78 is 5.41. The monoisotopic (exact) mass is 347 g/mol. The van der Waals surface area contributed by atoms with E-state index in [1.807, 2.05) is 30.3 Å². The van der Waals surface area contributed by atoms with Crippen molar-refractivity contribution in [3.8, 4) is 11.5 Å². The number of imidazole rings is 1. The fraction of sp³-hybridized carbons (Fsp3) is 0.211. The van der Waals surface area contributed by atoms with Gasteiger partial charge in [0.2, 0.25) is 0 Å². The number of rotatable bonds is 2. The maximum absolute atomic E-state index is 12.4. The van der Waals surface area contributed by atoms with Gasteiger partial charge in [-0.1, -0.05) is 12.1 Å². The lowest BCUT2D eigenvalue weighted by Gasteiger charge is -2.28. The van der Waals surface area contributed by atoms with Gasteiger partial charge in [-0.05, 0) is 30.3 Å².